The maximum absolute atomic E-state index is 11.4. The van der Waals surface area contributed by atoms with Crippen molar-refractivity contribution in [3.8, 4) is 0 Å². The van der Waals surface area contributed by atoms with E-state index in [1.807, 2.05) is 13.8 Å². The van der Waals surface area contributed by atoms with Crippen LogP contribution in [0.1, 0.15) is 34.1 Å². The van der Waals surface area contributed by atoms with Crippen molar-refractivity contribution in [3.05, 3.63) is 0 Å². The number of sulfonamides is 1. The molecule has 0 spiro atoms. The maximum atomic E-state index is 11.4. The van der Waals surface area contributed by atoms with Crippen LogP contribution >= 0.6 is 0 Å². The van der Waals surface area contributed by atoms with E-state index >= 15 is 0 Å². The topological polar surface area (TPSA) is 72.2 Å². The lowest BCUT2D eigenvalue weighted by Gasteiger charge is -2.24. The lowest BCUT2D eigenvalue weighted by molar-refractivity contribution is 0.339. The number of nitrogens with one attached hydrogen (secondary N) is 1. The summed E-state index contributed by atoms with van der Waals surface area (Å²) < 4.78 is 25.5. The third kappa shape index (κ3) is 4.93. The van der Waals surface area contributed by atoms with Crippen LogP contribution in [0.4, 0.5) is 0 Å². The Morgan fingerprint density at radius 2 is 1.86 bits per heavy atom. The second-order valence-electron chi connectivity index (χ2n) is 4.62. The molecule has 5 heteroatoms. The van der Waals surface area contributed by atoms with E-state index < -0.39 is 10.0 Å². The molecule has 0 atom stereocenters. The summed E-state index contributed by atoms with van der Waals surface area (Å²) in [5, 5.41) is -0.379. The molecule has 0 saturated carbocycles. The molecule has 0 rings (SSSR count). The van der Waals surface area contributed by atoms with E-state index in [4.69, 9.17) is 5.73 Å². The molecule has 14 heavy (non-hydrogen) atoms. The Hall–Kier alpha value is -0.130. The molecular weight excluding hydrogens is 200 g/mol. The first-order valence-electron chi connectivity index (χ1n) is 4.90. The summed E-state index contributed by atoms with van der Waals surface area (Å²) in [6.45, 7) is 8.36. The van der Waals surface area contributed by atoms with Crippen molar-refractivity contribution in [2.45, 2.75) is 39.4 Å². The maximum Gasteiger partial charge on any atom is 0.213 e. The largest absolute Gasteiger partial charge is 0.330 e. The van der Waals surface area contributed by atoms with Crippen LogP contribution in [0.5, 0.6) is 0 Å². The molecule has 0 amide bonds. The summed E-state index contributed by atoms with van der Waals surface area (Å²) in [6, 6.07) is 0. The Morgan fingerprint density at radius 3 is 2.21 bits per heavy atom. The molecular formula is C9H22N2O2S. The Bertz CT molecular complexity index is 258. The van der Waals surface area contributed by atoms with Gasteiger partial charge in [-0.15, -0.1) is 0 Å². The quantitative estimate of drug-likeness (QED) is 0.694. The first-order chi connectivity index (χ1) is 6.21. The smallest absolute Gasteiger partial charge is 0.213 e. The summed E-state index contributed by atoms with van der Waals surface area (Å²) in [4.78, 5) is 0. The third-order valence-electron chi connectivity index (χ3n) is 2.19. The van der Waals surface area contributed by atoms with Gasteiger partial charge >= 0.3 is 0 Å². The summed E-state index contributed by atoms with van der Waals surface area (Å²) in [5.41, 5.74) is 5.36. The Labute approximate surface area is 87.3 Å². The minimum atomic E-state index is -3.14. The highest BCUT2D eigenvalue weighted by Gasteiger charge is 2.22. The number of nitrogens with two attached hydrogens (primary N) is 1. The molecule has 0 bridgehead atoms. The predicted molar refractivity (Wildman–Crippen MR) is 59.5 cm³/mol. The molecule has 4 nitrogen and oxygen atoms in total. The first-order valence-corrected chi connectivity index (χ1v) is 6.44. The third-order valence-corrected chi connectivity index (χ3v) is 3.98. The zero-order valence-electron chi connectivity index (χ0n) is 9.50. The van der Waals surface area contributed by atoms with Crippen molar-refractivity contribution in [3.63, 3.8) is 0 Å². The van der Waals surface area contributed by atoms with Crippen LogP contribution in [0.15, 0.2) is 0 Å². The van der Waals surface area contributed by atoms with Gasteiger partial charge in [-0.2, -0.15) is 0 Å². The van der Waals surface area contributed by atoms with Crippen molar-refractivity contribution in [2.24, 2.45) is 11.1 Å². The molecule has 0 unspecified atom stereocenters. The van der Waals surface area contributed by atoms with Gasteiger partial charge in [-0.05, 0) is 32.2 Å². The van der Waals surface area contributed by atoms with Gasteiger partial charge < -0.3 is 5.73 Å². The van der Waals surface area contributed by atoms with Gasteiger partial charge in [-0.1, -0.05) is 13.8 Å². The summed E-state index contributed by atoms with van der Waals surface area (Å²) >= 11 is 0. The number of hydrogen-bond acceptors (Lipinski definition) is 3. The van der Waals surface area contributed by atoms with Gasteiger partial charge in [-0.3, -0.25) is 0 Å². The van der Waals surface area contributed by atoms with Gasteiger partial charge in [0.15, 0.2) is 0 Å². The molecule has 0 fully saturated rings. The molecule has 0 aliphatic rings. The van der Waals surface area contributed by atoms with Gasteiger partial charge in [0, 0.05) is 6.54 Å². The second-order valence-corrected chi connectivity index (χ2v) is 6.94. The van der Waals surface area contributed by atoms with Crippen LogP contribution in [-0.4, -0.2) is 26.8 Å². The zero-order valence-corrected chi connectivity index (χ0v) is 10.3. The van der Waals surface area contributed by atoms with Crippen LogP contribution < -0.4 is 10.5 Å². The zero-order chi connectivity index (χ0) is 11.4. The lowest BCUT2D eigenvalue weighted by Crippen LogP contribution is -2.38. The summed E-state index contributed by atoms with van der Waals surface area (Å²) in [6.07, 6.45) is 0.813. The molecule has 0 radical (unpaired) electrons. The highest BCUT2D eigenvalue weighted by atomic mass is 32.2. The van der Waals surface area contributed by atoms with Crippen molar-refractivity contribution in [1.29, 1.82) is 0 Å². The van der Waals surface area contributed by atoms with Crippen molar-refractivity contribution < 1.29 is 8.42 Å². The Kier molecular flexibility index (Phi) is 5.05. The molecule has 3 N–H and O–H groups in total. The van der Waals surface area contributed by atoms with Crippen molar-refractivity contribution in [1.82, 2.24) is 4.72 Å². The van der Waals surface area contributed by atoms with Crippen LogP contribution in [0.2, 0.25) is 0 Å². The van der Waals surface area contributed by atoms with Gasteiger partial charge in [0.2, 0.25) is 10.0 Å². The summed E-state index contributed by atoms with van der Waals surface area (Å²) in [7, 11) is -3.14. The minimum Gasteiger partial charge on any atom is -0.330 e. The number of hydrogen-bond donors (Lipinski definition) is 2. The van der Waals surface area contributed by atoms with Crippen LogP contribution in [0, 0.1) is 5.41 Å². The van der Waals surface area contributed by atoms with Crippen LogP contribution in [0.3, 0.4) is 0 Å². The molecule has 0 saturated heterocycles. The lowest BCUT2D eigenvalue weighted by atomic mass is 9.90. The molecule has 0 aliphatic heterocycles. The molecule has 0 heterocycles. The fourth-order valence-corrected chi connectivity index (χ4v) is 1.87. The van der Waals surface area contributed by atoms with E-state index in [0.717, 1.165) is 6.42 Å². The average molecular weight is 222 g/mol. The summed E-state index contributed by atoms with van der Waals surface area (Å²) in [5.74, 6) is 0. The van der Waals surface area contributed by atoms with E-state index in [0.29, 0.717) is 13.1 Å². The van der Waals surface area contributed by atoms with Crippen LogP contribution in [-0.2, 0) is 10.0 Å². The average Bonchev–Trinajstić information content (AvgIpc) is 2.01. The van der Waals surface area contributed by atoms with E-state index in [9.17, 15) is 8.42 Å². The normalized spacial score (nSPS) is 13.6. The molecule has 0 aromatic heterocycles. The highest BCUT2D eigenvalue weighted by molar-refractivity contribution is 7.90. The highest BCUT2D eigenvalue weighted by Crippen LogP contribution is 2.18. The Morgan fingerprint density at radius 1 is 1.36 bits per heavy atom. The molecule has 0 aromatic rings. The first kappa shape index (κ1) is 13.9. The van der Waals surface area contributed by atoms with Gasteiger partial charge in [0.05, 0.1) is 5.25 Å². The monoisotopic (exact) mass is 222 g/mol. The molecule has 86 valence electrons. The number of rotatable bonds is 6. The van der Waals surface area contributed by atoms with Crippen LogP contribution in [0.25, 0.3) is 0 Å². The predicted octanol–water partition coefficient (Wildman–Crippen LogP) is 0.689. The Balaban J connectivity index is 4.19. The minimum absolute atomic E-state index is 0.0727. The van der Waals surface area contributed by atoms with E-state index in [2.05, 4.69) is 4.72 Å². The van der Waals surface area contributed by atoms with Gasteiger partial charge in [0.1, 0.15) is 0 Å². The molecule has 0 aliphatic carbocycles. The van der Waals surface area contributed by atoms with E-state index in [1.54, 1.807) is 13.8 Å². The second kappa shape index (κ2) is 5.09. The standard InChI is InChI=1S/C9H22N2O2S/c1-8(2)14(12,13)11-7-9(3,4)5-6-10/h8,11H,5-7,10H2,1-4H3. The molecule has 0 aromatic carbocycles. The van der Waals surface area contributed by atoms with E-state index in [1.165, 1.54) is 0 Å². The SMILES string of the molecule is CC(C)S(=O)(=O)NCC(C)(C)CCN. The fraction of sp³-hybridized carbons (Fsp3) is 1.00. The van der Waals surface area contributed by atoms with E-state index in [-0.39, 0.29) is 10.7 Å². The van der Waals surface area contributed by atoms with Gasteiger partial charge in [0.25, 0.3) is 0 Å². The van der Waals surface area contributed by atoms with Gasteiger partial charge in [-0.25, -0.2) is 13.1 Å². The van der Waals surface area contributed by atoms with Crippen molar-refractivity contribution in [2.75, 3.05) is 13.1 Å². The fourth-order valence-electron chi connectivity index (χ4n) is 0.942. The van der Waals surface area contributed by atoms with Crippen molar-refractivity contribution >= 4 is 10.0 Å².